The third-order valence-electron chi connectivity index (χ3n) is 6.09. The van der Waals surface area contributed by atoms with Gasteiger partial charge in [0.15, 0.2) is 0 Å². The second-order valence-electron chi connectivity index (χ2n) is 8.26. The first-order valence-electron chi connectivity index (χ1n) is 10.3. The van der Waals surface area contributed by atoms with Gasteiger partial charge < -0.3 is 4.90 Å². The SMILES string of the molecule is Clc1ccc(Sc2ccc(CCc3ccnc(N4CC5(CCC5)C4)n3)cc2)cc1. The van der Waals surface area contributed by atoms with E-state index in [0.717, 1.165) is 42.6 Å². The fourth-order valence-corrected chi connectivity index (χ4v) is 5.15. The van der Waals surface area contributed by atoms with Crippen LogP contribution in [0.5, 0.6) is 0 Å². The number of halogens is 1. The first kappa shape index (κ1) is 19.0. The predicted molar refractivity (Wildman–Crippen MR) is 120 cm³/mol. The summed E-state index contributed by atoms with van der Waals surface area (Å²) >= 11 is 7.72. The molecule has 1 aliphatic carbocycles. The lowest BCUT2D eigenvalue weighted by Crippen LogP contribution is -2.60. The number of hydrogen-bond donors (Lipinski definition) is 0. The van der Waals surface area contributed by atoms with Crippen LogP contribution in [0.15, 0.2) is 70.6 Å². The molecule has 0 atom stereocenters. The highest BCUT2D eigenvalue weighted by Gasteiger charge is 2.48. The van der Waals surface area contributed by atoms with Crippen molar-refractivity contribution in [1.29, 1.82) is 0 Å². The van der Waals surface area contributed by atoms with Gasteiger partial charge in [0.05, 0.1) is 0 Å². The van der Waals surface area contributed by atoms with Gasteiger partial charge in [0, 0.05) is 45.2 Å². The second-order valence-corrected chi connectivity index (χ2v) is 9.84. The molecule has 2 heterocycles. The van der Waals surface area contributed by atoms with Crippen molar-refractivity contribution in [2.45, 2.75) is 41.9 Å². The van der Waals surface area contributed by atoms with E-state index < -0.39 is 0 Å². The maximum Gasteiger partial charge on any atom is 0.225 e. The molecule has 1 spiro atoms. The van der Waals surface area contributed by atoms with Gasteiger partial charge in [-0.25, -0.2) is 9.97 Å². The van der Waals surface area contributed by atoms with Crippen LogP contribution in [0.4, 0.5) is 5.95 Å². The zero-order chi connectivity index (χ0) is 19.7. The van der Waals surface area contributed by atoms with Gasteiger partial charge in [-0.1, -0.05) is 41.9 Å². The van der Waals surface area contributed by atoms with Crippen LogP contribution in [0, 0.1) is 5.41 Å². The molecule has 5 heteroatoms. The van der Waals surface area contributed by atoms with Gasteiger partial charge in [0.1, 0.15) is 0 Å². The normalized spacial score (nSPS) is 17.1. The summed E-state index contributed by atoms with van der Waals surface area (Å²) in [5.41, 5.74) is 3.07. The lowest BCUT2D eigenvalue weighted by Gasteiger charge is -2.55. The van der Waals surface area contributed by atoms with Crippen LogP contribution in [-0.4, -0.2) is 23.1 Å². The standard InChI is InChI=1S/C24H24ClN3S/c25-19-5-10-22(11-6-19)29-21-8-3-18(4-9-21)2-7-20-12-15-26-23(27-20)28-16-24(17-28)13-1-14-24/h3-6,8-12,15H,1-2,7,13-14,16-17H2. The Morgan fingerprint density at radius 2 is 1.59 bits per heavy atom. The molecule has 29 heavy (non-hydrogen) atoms. The van der Waals surface area contributed by atoms with Crippen LogP contribution in [0.2, 0.25) is 5.02 Å². The zero-order valence-electron chi connectivity index (χ0n) is 16.4. The molecule has 1 aromatic heterocycles. The van der Waals surface area contributed by atoms with Crippen molar-refractivity contribution in [3.05, 3.63) is 77.1 Å². The molecule has 3 aromatic rings. The Hall–Kier alpha value is -2.04. The first-order valence-corrected chi connectivity index (χ1v) is 11.5. The number of hydrogen-bond acceptors (Lipinski definition) is 4. The van der Waals surface area contributed by atoms with Crippen molar-refractivity contribution >= 4 is 29.3 Å². The van der Waals surface area contributed by atoms with Crippen LogP contribution in [-0.2, 0) is 12.8 Å². The Kier molecular flexibility index (Phi) is 5.23. The van der Waals surface area contributed by atoms with E-state index in [4.69, 9.17) is 16.6 Å². The molecule has 0 radical (unpaired) electrons. The molecule has 0 amide bonds. The fourth-order valence-electron chi connectivity index (χ4n) is 4.21. The van der Waals surface area contributed by atoms with Crippen LogP contribution in [0.25, 0.3) is 0 Å². The van der Waals surface area contributed by atoms with E-state index in [1.807, 2.05) is 24.4 Å². The van der Waals surface area contributed by atoms with E-state index in [2.05, 4.69) is 46.3 Å². The predicted octanol–water partition coefficient (Wildman–Crippen LogP) is 6.06. The highest BCUT2D eigenvalue weighted by Crippen LogP contribution is 2.48. The van der Waals surface area contributed by atoms with Gasteiger partial charge in [-0.15, -0.1) is 0 Å². The molecule has 2 aliphatic rings. The zero-order valence-corrected chi connectivity index (χ0v) is 17.9. The lowest BCUT2D eigenvalue weighted by molar-refractivity contribution is 0.0888. The maximum absolute atomic E-state index is 5.96. The van der Waals surface area contributed by atoms with E-state index in [-0.39, 0.29) is 0 Å². The average Bonchev–Trinajstić information content (AvgIpc) is 2.68. The minimum Gasteiger partial charge on any atom is -0.340 e. The molecule has 0 N–H and O–H groups in total. The maximum atomic E-state index is 5.96. The number of anilines is 1. The van der Waals surface area contributed by atoms with Gasteiger partial charge >= 0.3 is 0 Å². The molecule has 2 aromatic carbocycles. The first-order chi connectivity index (χ1) is 14.2. The summed E-state index contributed by atoms with van der Waals surface area (Å²) in [5.74, 6) is 0.912. The molecule has 148 valence electrons. The number of aromatic nitrogens is 2. The summed E-state index contributed by atoms with van der Waals surface area (Å²) in [5, 5.41) is 0.772. The van der Waals surface area contributed by atoms with Crippen LogP contribution in [0.1, 0.15) is 30.5 Å². The number of rotatable bonds is 6. The Labute approximate surface area is 181 Å². The van der Waals surface area contributed by atoms with Gasteiger partial charge in [-0.2, -0.15) is 0 Å². The second kappa shape index (κ2) is 8.00. The molecule has 0 unspecified atom stereocenters. The molecule has 1 aliphatic heterocycles. The van der Waals surface area contributed by atoms with E-state index in [9.17, 15) is 0 Å². The summed E-state index contributed by atoms with van der Waals surface area (Å²) in [7, 11) is 0. The van der Waals surface area contributed by atoms with Crippen molar-refractivity contribution in [2.24, 2.45) is 5.41 Å². The van der Waals surface area contributed by atoms with Gasteiger partial charge in [-0.05, 0) is 73.7 Å². The third kappa shape index (κ3) is 4.29. The van der Waals surface area contributed by atoms with Crippen molar-refractivity contribution in [1.82, 2.24) is 9.97 Å². The van der Waals surface area contributed by atoms with Gasteiger partial charge in [-0.3, -0.25) is 0 Å². The summed E-state index contributed by atoms with van der Waals surface area (Å²) in [4.78, 5) is 14.1. The van der Waals surface area contributed by atoms with Crippen LogP contribution < -0.4 is 4.90 Å². The number of benzene rings is 2. The van der Waals surface area contributed by atoms with E-state index in [0.29, 0.717) is 5.41 Å². The molecule has 1 saturated carbocycles. The highest BCUT2D eigenvalue weighted by molar-refractivity contribution is 7.99. The number of nitrogens with zero attached hydrogens (tertiary/aromatic N) is 3. The molecule has 0 bridgehead atoms. The topological polar surface area (TPSA) is 29.0 Å². The van der Waals surface area contributed by atoms with Gasteiger partial charge in [0.25, 0.3) is 0 Å². The fraction of sp³-hybridized carbons (Fsp3) is 0.333. The molecular formula is C24H24ClN3S. The Morgan fingerprint density at radius 3 is 2.24 bits per heavy atom. The number of aryl methyl sites for hydroxylation is 2. The van der Waals surface area contributed by atoms with Crippen molar-refractivity contribution < 1.29 is 0 Å². The Bertz CT molecular complexity index is 976. The highest BCUT2D eigenvalue weighted by atomic mass is 35.5. The molecule has 3 nitrogen and oxygen atoms in total. The third-order valence-corrected chi connectivity index (χ3v) is 7.36. The Morgan fingerprint density at radius 1 is 0.897 bits per heavy atom. The van der Waals surface area contributed by atoms with E-state index in [1.54, 1.807) is 11.8 Å². The summed E-state index contributed by atoms with van der Waals surface area (Å²) in [6, 6.07) is 18.8. The largest absolute Gasteiger partial charge is 0.340 e. The molecular weight excluding hydrogens is 398 g/mol. The minimum atomic E-state index is 0.602. The molecule has 5 rings (SSSR count). The summed E-state index contributed by atoms with van der Waals surface area (Å²) in [6.07, 6.45) is 8.01. The summed E-state index contributed by atoms with van der Waals surface area (Å²) in [6.45, 7) is 2.28. The van der Waals surface area contributed by atoms with Crippen molar-refractivity contribution in [3.63, 3.8) is 0 Å². The van der Waals surface area contributed by atoms with Crippen LogP contribution >= 0.6 is 23.4 Å². The summed E-state index contributed by atoms with van der Waals surface area (Å²) < 4.78 is 0. The Balaban J connectivity index is 1.16. The lowest BCUT2D eigenvalue weighted by atomic mass is 9.64. The smallest absolute Gasteiger partial charge is 0.225 e. The van der Waals surface area contributed by atoms with E-state index >= 15 is 0 Å². The average molecular weight is 422 g/mol. The minimum absolute atomic E-state index is 0.602. The quantitative estimate of drug-likeness (QED) is 0.484. The van der Waals surface area contributed by atoms with E-state index in [1.165, 1.54) is 34.6 Å². The van der Waals surface area contributed by atoms with Gasteiger partial charge in [0.2, 0.25) is 5.95 Å². The molecule has 1 saturated heterocycles. The van der Waals surface area contributed by atoms with Crippen LogP contribution in [0.3, 0.4) is 0 Å². The van der Waals surface area contributed by atoms with Crippen molar-refractivity contribution in [2.75, 3.05) is 18.0 Å². The monoisotopic (exact) mass is 421 g/mol. The molecule has 2 fully saturated rings. The van der Waals surface area contributed by atoms with Crippen molar-refractivity contribution in [3.8, 4) is 0 Å².